The average molecular weight is 490 g/mol. The summed E-state index contributed by atoms with van der Waals surface area (Å²) in [4.78, 5) is 22.8. The van der Waals surface area contributed by atoms with Gasteiger partial charge in [0.25, 0.3) is 5.56 Å². The zero-order chi connectivity index (χ0) is 24.5. The van der Waals surface area contributed by atoms with E-state index in [-0.39, 0.29) is 16.8 Å². The molecule has 3 heterocycles. The summed E-state index contributed by atoms with van der Waals surface area (Å²) in [6.07, 6.45) is 3.08. The number of benzene rings is 1. The van der Waals surface area contributed by atoms with E-state index in [1.807, 2.05) is 4.90 Å². The number of pyridine rings is 1. The first-order chi connectivity index (χ1) is 16.2. The molecule has 2 aromatic heterocycles. The number of rotatable bonds is 6. The second kappa shape index (κ2) is 9.39. The van der Waals surface area contributed by atoms with Gasteiger partial charge in [0.15, 0.2) is 5.82 Å². The molecule has 180 valence electrons. The smallest absolute Gasteiger partial charge is 0.255 e. The fraction of sp³-hybridized carbons (Fsp3) is 0.318. The molecule has 1 atom stereocenters. The molecule has 3 aromatic rings. The van der Waals surface area contributed by atoms with E-state index < -0.39 is 21.9 Å². The molecule has 1 fully saturated rings. The van der Waals surface area contributed by atoms with E-state index in [2.05, 4.69) is 14.7 Å². The van der Waals surface area contributed by atoms with Gasteiger partial charge in [0.1, 0.15) is 11.9 Å². The molecule has 0 radical (unpaired) electrons. The summed E-state index contributed by atoms with van der Waals surface area (Å²) >= 11 is 0. The van der Waals surface area contributed by atoms with Crippen molar-refractivity contribution in [1.29, 1.82) is 0 Å². The molecule has 0 spiro atoms. The van der Waals surface area contributed by atoms with Crippen molar-refractivity contribution in [2.24, 2.45) is 7.05 Å². The topological polar surface area (TPSA) is 116 Å². The molecule has 1 aliphatic heterocycles. The van der Waals surface area contributed by atoms with Gasteiger partial charge >= 0.3 is 0 Å². The van der Waals surface area contributed by atoms with Gasteiger partial charge in [-0.3, -0.25) is 19.1 Å². The van der Waals surface area contributed by atoms with Crippen molar-refractivity contribution in [3.05, 3.63) is 64.5 Å². The number of hydrogen-bond acceptors (Lipinski definition) is 8. The number of nitrogens with zero attached hydrogens (tertiary/aromatic N) is 4. The lowest BCUT2D eigenvalue weighted by Crippen LogP contribution is -2.41. The minimum Gasteiger partial charge on any atom is -0.496 e. The van der Waals surface area contributed by atoms with Crippen LogP contribution in [-0.4, -0.2) is 56.0 Å². The highest BCUT2D eigenvalue weighted by Crippen LogP contribution is 2.34. The number of nitrogens with one attached hydrogen (secondary N) is 1. The third kappa shape index (κ3) is 5.02. The zero-order valence-corrected chi connectivity index (χ0v) is 19.7. The second-order valence-electron chi connectivity index (χ2n) is 7.83. The number of aromatic nitrogens is 3. The Morgan fingerprint density at radius 1 is 1.26 bits per heavy atom. The summed E-state index contributed by atoms with van der Waals surface area (Å²) in [5.74, 6) is 0.311. The fourth-order valence-corrected chi connectivity index (χ4v) is 4.37. The average Bonchev–Trinajstić information content (AvgIpc) is 2.80. The van der Waals surface area contributed by atoms with Crippen LogP contribution in [-0.2, 0) is 21.8 Å². The Bertz CT molecular complexity index is 1380. The van der Waals surface area contributed by atoms with Gasteiger partial charge in [-0.1, -0.05) is 0 Å². The number of morpholine rings is 1. The van der Waals surface area contributed by atoms with Crippen LogP contribution in [0.4, 0.5) is 16.0 Å². The van der Waals surface area contributed by atoms with Crippen molar-refractivity contribution in [3.8, 4) is 17.0 Å². The van der Waals surface area contributed by atoms with Gasteiger partial charge in [0.05, 0.1) is 38.4 Å². The van der Waals surface area contributed by atoms with Crippen molar-refractivity contribution in [3.63, 3.8) is 0 Å². The van der Waals surface area contributed by atoms with Crippen LogP contribution in [0.15, 0.2) is 47.5 Å². The van der Waals surface area contributed by atoms with Crippen LogP contribution in [0, 0.1) is 5.82 Å². The Kier molecular flexibility index (Phi) is 6.53. The Morgan fingerprint density at radius 2 is 2.06 bits per heavy atom. The second-order valence-corrected chi connectivity index (χ2v) is 9.58. The molecule has 34 heavy (non-hydrogen) atoms. The molecule has 12 heteroatoms. The largest absolute Gasteiger partial charge is 0.496 e. The van der Waals surface area contributed by atoms with Crippen molar-refractivity contribution in [2.75, 3.05) is 42.7 Å². The first-order valence-corrected chi connectivity index (χ1v) is 12.3. The molecule has 4 rings (SSSR count). The van der Waals surface area contributed by atoms with Gasteiger partial charge in [-0.2, -0.15) is 0 Å². The van der Waals surface area contributed by atoms with Crippen molar-refractivity contribution in [1.82, 2.24) is 14.5 Å². The molecule has 1 aliphatic rings. The van der Waals surface area contributed by atoms with Crippen LogP contribution in [0.1, 0.15) is 11.7 Å². The lowest BCUT2D eigenvalue weighted by atomic mass is 10.1. The summed E-state index contributed by atoms with van der Waals surface area (Å²) in [7, 11) is -0.357. The number of methoxy groups -OCH3 is 1. The monoisotopic (exact) mass is 489 g/mol. The third-order valence-electron chi connectivity index (χ3n) is 5.39. The lowest BCUT2D eigenvalue weighted by Gasteiger charge is -2.35. The summed E-state index contributed by atoms with van der Waals surface area (Å²) in [5.41, 5.74) is 1.07. The van der Waals surface area contributed by atoms with Crippen molar-refractivity contribution < 1.29 is 22.3 Å². The highest BCUT2D eigenvalue weighted by molar-refractivity contribution is 7.92. The van der Waals surface area contributed by atoms with Gasteiger partial charge in [0, 0.05) is 42.7 Å². The maximum Gasteiger partial charge on any atom is 0.255 e. The zero-order valence-electron chi connectivity index (χ0n) is 18.9. The number of halogens is 1. The molecule has 0 unspecified atom stereocenters. The lowest BCUT2D eigenvalue weighted by molar-refractivity contribution is 0.0375. The van der Waals surface area contributed by atoms with E-state index >= 15 is 0 Å². The molecular weight excluding hydrogens is 465 g/mol. The van der Waals surface area contributed by atoms with Gasteiger partial charge in [-0.25, -0.2) is 17.8 Å². The van der Waals surface area contributed by atoms with Gasteiger partial charge < -0.3 is 14.4 Å². The van der Waals surface area contributed by atoms with E-state index in [0.29, 0.717) is 42.6 Å². The first-order valence-electron chi connectivity index (χ1n) is 10.4. The van der Waals surface area contributed by atoms with Crippen LogP contribution in [0.5, 0.6) is 5.75 Å². The molecule has 1 aromatic carbocycles. The molecule has 0 saturated carbocycles. The fourth-order valence-electron chi connectivity index (χ4n) is 3.81. The number of anilines is 2. The summed E-state index contributed by atoms with van der Waals surface area (Å²) in [6.45, 7) is 1.07. The molecule has 10 nitrogen and oxygen atoms in total. The normalized spacial score (nSPS) is 16.4. The molecule has 0 amide bonds. The van der Waals surface area contributed by atoms with E-state index in [9.17, 15) is 17.6 Å². The molecule has 1 N–H and O–H groups in total. The third-order valence-corrected chi connectivity index (χ3v) is 6.00. The molecule has 0 bridgehead atoms. The number of sulfonamides is 1. The Balaban J connectivity index is 1.70. The highest BCUT2D eigenvalue weighted by atomic mass is 32.2. The van der Waals surface area contributed by atoms with Crippen LogP contribution < -0.4 is 19.9 Å². The van der Waals surface area contributed by atoms with Gasteiger partial charge in [-0.15, -0.1) is 0 Å². The summed E-state index contributed by atoms with van der Waals surface area (Å²) in [6, 6.07) is 7.66. The van der Waals surface area contributed by atoms with Gasteiger partial charge in [0.2, 0.25) is 16.0 Å². The van der Waals surface area contributed by atoms with Gasteiger partial charge in [-0.05, 0) is 24.3 Å². The molecular formula is C22H24FN5O5S. The van der Waals surface area contributed by atoms with Crippen molar-refractivity contribution >= 4 is 21.7 Å². The standard InChI is InChI=1S/C22H24FN5O5S/c1-27-21(29)11-18(15-6-7-24-12-17(15)23)25-22(27)28-8-9-33-20(13-28)16-10-14(26-34(3,30)31)4-5-19(16)32-2/h4-7,10-12,20,26H,8-9,13H2,1-3H3/t20-/m1/s1. The maximum atomic E-state index is 14.3. The van der Waals surface area contributed by atoms with Crippen molar-refractivity contribution in [2.45, 2.75) is 6.10 Å². The van der Waals surface area contributed by atoms with E-state index in [4.69, 9.17) is 9.47 Å². The Morgan fingerprint density at radius 3 is 2.76 bits per heavy atom. The number of hydrogen-bond donors (Lipinski definition) is 1. The molecule has 0 aliphatic carbocycles. The number of ether oxygens (including phenoxy) is 2. The van der Waals surface area contributed by atoms with E-state index in [1.54, 1.807) is 25.2 Å². The van der Waals surface area contributed by atoms with E-state index in [0.717, 1.165) is 12.5 Å². The predicted molar refractivity (Wildman–Crippen MR) is 125 cm³/mol. The molecule has 1 saturated heterocycles. The predicted octanol–water partition coefficient (Wildman–Crippen LogP) is 1.94. The maximum absolute atomic E-state index is 14.3. The highest BCUT2D eigenvalue weighted by Gasteiger charge is 2.28. The van der Waals surface area contributed by atoms with Crippen LogP contribution in [0.3, 0.4) is 0 Å². The summed E-state index contributed by atoms with van der Waals surface area (Å²) < 4.78 is 52.9. The van der Waals surface area contributed by atoms with Crippen LogP contribution >= 0.6 is 0 Å². The Labute approximate surface area is 196 Å². The Hall–Kier alpha value is -3.51. The van der Waals surface area contributed by atoms with E-state index in [1.165, 1.54) is 30.0 Å². The van der Waals surface area contributed by atoms with Crippen LogP contribution in [0.2, 0.25) is 0 Å². The SMILES string of the molecule is COc1ccc(NS(C)(=O)=O)cc1[C@H]1CN(c2nc(-c3ccncc3F)cc(=O)n2C)CCO1. The quantitative estimate of drug-likeness (QED) is 0.559. The minimum absolute atomic E-state index is 0.181. The first kappa shape index (κ1) is 23.6. The summed E-state index contributed by atoms with van der Waals surface area (Å²) in [5, 5.41) is 0. The minimum atomic E-state index is -3.47. The van der Waals surface area contributed by atoms with Crippen LogP contribution in [0.25, 0.3) is 11.3 Å².